The average Bonchev–Trinajstić information content (AvgIpc) is 2.16. The van der Waals surface area contributed by atoms with Crippen molar-refractivity contribution < 1.29 is 0 Å². The van der Waals surface area contributed by atoms with Gasteiger partial charge in [-0.05, 0) is 32.4 Å². The summed E-state index contributed by atoms with van der Waals surface area (Å²) < 4.78 is 0. The molecule has 0 radical (unpaired) electrons. The minimum Gasteiger partial charge on any atom is -0.320 e. The van der Waals surface area contributed by atoms with E-state index in [-0.39, 0.29) is 0 Å². The Labute approximate surface area is 78.9 Å². The van der Waals surface area contributed by atoms with Gasteiger partial charge in [-0.3, -0.25) is 0 Å². The van der Waals surface area contributed by atoms with Gasteiger partial charge in [0.15, 0.2) is 0 Å². The Morgan fingerprint density at radius 2 is 1.58 bits per heavy atom. The van der Waals surface area contributed by atoms with Crippen LogP contribution in [0, 0.1) is 5.92 Å². The van der Waals surface area contributed by atoms with Crippen LogP contribution in [0.5, 0.6) is 0 Å². The van der Waals surface area contributed by atoms with E-state index in [2.05, 4.69) is 19.2 Å². The van der Waals surface area contributed by atoms with Gasteiger partial charge in [0, 0.05) is 0 Å². The SMILES string of the molecule is CC.CCC(CC)CCCNC. The smallest absolute Gasteiger partial charge is 0.00518 e. The molecule has 1 heteroatoms. The van der Waals surface area contributed by atoms with Gasteiger partial charge in [-0.25, -0.2) is 0 Å². The Morgan fingerprint density at radius 3 is 1.92 bits per heavy atom. The standard InChI is InChI=1S/C9H21N.C2H6/c1-4-9(5-2)7-6-8-10-3;1-2/h9-10H,4-8H2,1-3H3;1-2H3. The molecule has 0 bridgehead atoms. The molecule has 0 aliphatic heterocycles. The highest BCUT2D eigenvalue weighted by Gasteiger charge is 2.00. The van der Waals surface area contributed by atoms with Gasteiger partial charge in [0.05, 0.1) is 0 Å². The zero-order valence-electron chi connectivity index (χ0n) is 9.61. The molecule has 0 aliphatic carbocycles. The summed E-state index contributed by atoms with van der Waals surface area (Å²) in [5.74, 6) is 0.966. The zero-order valence-corrected chi connectivity index (χ0v) is 9.61. The van der Waals surface area contributed by atoms with E-state index in [1.54, 1.807) is 0 Å². The Hall–Kier alpha value is -0.0400. The van der Waals surface area contributed by atoms with Crippen LogP contribution in [0.25, 0.3) is 0 Å². The quantitative estimate of drug-likeness (QED) is 0.607. The van der Waals surface area contributed by atoms with Gasteiger partial charge in [0.2, 0.25) is 0 Å². The second-order valence-electron chi connectivity index (χ2n) is 2.93. The van der Waals surface area contributed by atoms with E-state index in [0.717, 1.165) is 5.92 Å². The minimum absolute atomic E-state index is 0.966. The predicted octanol–water partition coefficient (Wildman–Crippen LogP) is 3.45. The van der Waals surface area contributed by atoms with Gasteiger partial charge in [-0.15, -0.1) is 0 Å². The summed E-state index contributed by atoms with van der Waals surface area (Å²) in [4.78, 5) is 0. The molecule has 0 aromatic heterocycles. The van der Waals surface area contributed by atoms with Gasteiger partial charge >= 0.3 is 0 Å². The van der Waals surface area contributed by atoms with Crippen molar-refractivity contribution in [1.29, 1.82) is 0 Å². The Morgan fingerprint density at radius 1 is 1.08 bits per heavy atom. The third kappa shape index (κ3) is 9.96. The molecule has 1 nitrogen and oxygen atoms in total. The zero-order chi connectivity index (χ0) is 9.82. The normalized spacial score (nSPS) is 9.50. The lowest BCUT2D eigenvalue weighted by molar-refractivity contribution is 0.437. The number of rotatable bonds is 6. The summed E-state index contributed by atoms with van der Waals surface area (Å²) in [6.45, 7) is 9.75. The highest BCUT2D eigenvalue weighted by molar-refractivity contribution is 4.55. The lowest BCUT2D eigenvalue weighted by Gasteiger charge is -2.10. The molecule has 0 heterocycles. The molecule has 0 aromatic rings. The summed E-state index contributed by atoms with van der Waals surface area (Å²) in [6, 6.07) is 0. The van der Waals surface area contributed by atoms with Crippen molar-refractivity contribution in [3.8, 4) is 0 Å². The Balaban J connectivity index is 0. The van der Waals surface area contributed by atoms with Crippen LogP contribution in [0.15, 0.2) is 0 Å². The minimum atomic E-state index is 0.966. The molecule has 0 fully saturated rings. The first-order valence-corrected chi connectivity index (χ1v) is 5.49. The molecule has 0 saturated carbocycles. The van der Waals surface area contributed by atoms with Crippen LogP contribution in [-0.2, 0) is 0 Å². The van der Waals surface area contributed by atoms with Crippen molar-refractivity contribution in [2.24, 2.45) is 5.92 Å². The maximum Gasteiger partial charge on any atom is -0.00518 e. The van der Waals surface area contributed by atoms with E-state index in [9.17, 15) is 0 Å². The second-order valence-corrected chi connectivity index (χ2v) is 2.93. The predicted molar refractivity (Wildman–Crippen MR) is 58.6 cm³/mol. The Bertz CT molecular complexity index is 58.0. The molecular weight excluding hydrogens is 146 g/mol. The number of nitrogens with one attached hydrogen (secondary N) is 1. The van der Waals surface area contributed by atoms with Crippen LogP contribution in [0.4, 0.5) is 0 Å². The van der Waals surface area contributed by atoms with Gasteiger partial charge < -0.3 is 5.32 Å². The molecule has 0 amide bonds. The molecule has 0 atom stereocenters. The second kappa shape index (κ2) is 13.5. The topological polar surface area (TPSA) is 12.0 Å². The van der Waals surface area contributed by atoms with Gasteiger partial charge in [0.1, 0.15) is 0 Å². The molecule has 76 valence electrons. The van der Waals surface area contributed by atoms with Crippen molar-refractivity contribution >= 4 is 0 Å². The van der Waals surface area contributed by atoms with Gasteiger partial charge in [0.25, 0.3) is 0 Å². The fourth-order valence-corrected chi connectivity index (χ4v) is 1.26. The first kappa shape index (κ1) is 14.5. The van der Waals surface area contributed by atoms with Crippen molar-refractivity contribution in [3.05, 3.63) is 0 Å². The summed E-state index contributed by atoms with van der Waals surface area (Å²) in [5, 5.41) is 3.17. The molecule has 0 spiro atoms. The average molecular weight is 173 g/mol. The van der Waals surface area contributed by atoms with Crippen LogP contribution < -0.4 is 5.32 Å². The molecule has 12 heavy (non-hydrogen) atoms. The van der Waals surface area contributed by atoms with E-state index in [4.69, 9.17) is 0 Å². The molecule has 1 N–H and O–H groups in total. The van der Waals surface area contributed by atoms with E-state index in [1.807, 2.05) is 20.9 Å². The van der Waals surface area contributed by atoms with E-state index < -0.39 is 0 Å². The van der Waals surface area contributed by atoms with Crippen molar-refractivity contribution in [2.75, 3.05) is 13.6 Å². The van der Waals surface area contributed by atoms with Crippen molar-refractivity contribution in [2.45, 2.75) is 53.4 Å². The maximum atomic E-state index is 3.17. The monoisotopic (exact) mass is 173 g/mol. The summed E-state index contributed by atoms with van der Waals surface area (Å²) >= 11 is 0. The van der Waals surface area contributed by atoms with Crippen LogP contribution in [0.2, 0.25) is 0 Å². The van der Waals surface area contributed by atoms with Crippen LogP contribution in [0.3, 0.4) is 0 Å². The van der Waals surface area contributed by atoms with Gasteiger partial charge in [-0.1, -0.05) is 40.5 Å². The molecule has 0 saturated heterocycles. The lowest BCUT2D eigenvalue weighted by Crippen LogP contribution is -2.09. The van der Waals surface area contributed by atoms with Crippen molar-refractivity contribution in [3.63, 3.8) is 0 Å². The summed E-state index contributed by atoms with van der Waals surface area (Å²) in [6.07, 6.45) is 5.43. The largest absolute Gasteiger partial charge is 0.320 e. The lowest BCUT2D eigenvalue weighted by atomic mass is 9.98. The van der Waals surface area contributed by atoms with Crippen molar-refractivity contribution in [1.82, 2.24) is 5.32 Å². The summed E-state index contributed by atoms with van der Waals surface area (Å²) in [5.41, 5.74) is 0. The highest BCUT2D eigenvalue weighted by atomic mass is 14.8. The van der Waals surface area contributed by atoms with E-state index in [1.165, 1.54) is 32.2 Å². The summed E-state index contributed by atoms with van der Waals surface area (Å²) in [7, 11) is 2.02. The molecular formula is C11H27N. The molecule has 0 rings (SSSR count). The van der Waals surface area contributed by atoms with Crippen LogP contribution in [0.1, 0.15) is 53.4 Å². The van der Waals surface area contributed by atoms with E-state index in [0.29, 0.717) is 0 Å². The van der Waals surface area contributed by atoms with Crippen LogP contribution in [-0.4, -0.2) is 13.6 Å². The maximum absolute atomic E-state index is 3.17. The number of hydrogen-bond donors (Lipinski definition) is 1. The molecule has 0 aliphatic rings. The molecule has 0 aromatic carbocycles. The Kier molecular flexibility index (Phi) is 16.3. The number of hydrogen-bond acceptors (Lipinski definition) is 1. The highest BCUT2D eigenvalue weighted by Crippen LogP contribution is 2.13. The first-order valence-electron chi connectivity index (χ1n) is 5.49. The molecule has 0 unspecified atom stereocenters. The third-order valence-electron chi connectivity index (χ3n) is 2.19. The fourth-order valence-electron chi connectivity index (χ4n) is 1.26. The van der Waals surface area contributed by atoms with Crippen LogP contribution >= 0.6 is 0 Å². The fraction of sp³-hybridized carbons (Fsp3) is 1.00. The third-order valence-corrected chi connectivity index (χ3v) is 2.19. The van der Waals surface area contributed by atoms with E-state index >= 15 is 0 Å². The first-order chi connectivity index (χ1) is 5.85. The van der Waals surface area contributed by atoms with Gasteiger partial charge in [-0.2, -0.15) is 0 Å².